The Labute approximate surface area is 156 Å². The average molecular weight is 362 g/mol. The highest BCUT2D eigenvalue weighted by Gasteiger charge is 2.34. The molecule has 0 bridgehead atoms. The maximum Gasteiger partial charge on any atom is 0.316 e. The fourth-order valence-electron chi connectivity index (χ4n) is 3.11. The number of piperazine rings is 1. The zero-order valence-corrected chi connectivity index (χ0v) is 14.8. The smallest absolute Gasteiger partial charge is 0.316 e. The van der Waals surface area contributed by atoms with E-state index in [0.717, 1.165) is 16.8 Å². The van der Waals surface area contributed by atoms with Crippen molar-refractivity contribution >= 4 is 17.5 Å². The van der Waals surface area contributed by atoms with Gasteiger partial charge in [-0.3, -0.25) is 9.59 Å². The van der Waals surface area contributed by atoms with Gasteiger partial charge in [0.1, 0.15) is 6.54 Å². The maximum atomic E-state index is 12.6. The van der Waals surface area contributed by atoms with Crippen molar-refractivity contribution in [2.24, 2.45) is 0 Å². The Morgan fingerprint density at radius 2 is 1.70 bits per heavy atom. The van der Waals surface area contributed by atoms with Crippen molar-refractivity contribution in [3.63, 3.8) is 0 Å². The summed E-state index contributed by atoms with van der Waals surface area (Å²) < 4.78 is 5.26. The highest BCUT2D eigenvalue weighted by molar-refractivity contribution is 6.41. The van der Waals surface area contributed by atoms with E-state index in [1.54, 1.807) is 0 Å². The fraction of sp³-hybridized carbons (Fsp3) is 0.200. The van der Waals surface area contributed by atoms with Gasteiger partial charge in [-0.25, -0.2) is 0 Å². The minimum absolute atomic E-state index is 0.117. The molecule has 1 aliphatic heterocycles. The first-order valence-electron chi connectivity index (χ1n) is 8.68. The molecule has 1 aromatic heterocycles. The maximum absolute atomic E-state index is 12.6. The van der Waals surface area contributed by atoms with Gasteiger partial charge in [0.2, 0.25) is 11.7 Å². The quantitative estimate of drug-likeness (QED) is 0.666. The molecule has 7 heteroatoms. The Kier molecular flexibility index (Phi) is 4.42. The summed E-state index contributed by atoms with van der Waals surface area (Å²) in [6.07, 6.45) is 0. The van der Waals surface area contributed by atoms with Gasteiger partial charge in [-0.1, -0.05) is 53.7 Å². The van der Waals surface area contributed by atoms with Gasteiger partial charge in [0.15, 0.2) is 0 Å². The number of carbonyl (C=O) groups is 2. The van der Waals surface area contributed by atoms with E-state index in [1.807, 2.05) is 61.5 Å². The Bertz CT molecular complexity index is 984. The molecule has 136 valence electrons. The number of rotatable bonds is 4. The molecule has 0 unspecified atom stereocenters. The fourth-order valence-corrected chi connectivity index (χ4v) is 3.11. The largest absolute Gasteiger partial charge is 0.337 e. The summed E-state index contributed by atoms with van der Waals surface area (Å²) in [7, 11) is 0. The number of nitrogens with zero attached hydrogens (tertiary/aromatic N) is 4. The van der Waals surface area contributed by atoms with Crippen molar-refractivity contribution in [2.75, 3.05) is 18.0 Å². The van der Waals surface area contributed by atoms with Crippen molar-refractivity contribution in [1.29, 1.82) is 0 Å². The van der Waals surface area contributed by atoms with Crippen LogP contribution in [0, 0.1) is 6.92 Å². The highest BCUT2D eigenvalue weighted by Crippen LogP contribution is 2.23. The molecule has 0 radical (unpaired) electrons. The lowest BCUT2D eigenvalue weighted by molar-refractivity contribution is -0.146. The minimum atomic E-state index is -0.566. The summed E-state index contributed by atoms with van der Waals surface area (Å²) in [4.78, 5) is 32.4. The first kappa shape index (κ1) is 17.0. The second-order valence-electron chi connectivity index (χ2n) is 6.35. The Morgan fingerprint density at radius 3 is 2.48 bits per heavy atom. The molecule has 27 heavy (non-hydrogen) atoms. The van der Waals surface area contributed by atoms with Crippen LogP contribution in [0.4, 0.5) is 5.69 Å². The molecule has 1 aliphatic rings. The summed E-state index contributed by atoms with van der Waals surface area (Å²) in [5.74, 6) is -0.343. The first-order valence-corrected chi connectivity index (χ1v) is 8.68. The number of anilines is 1. The SMILES string of the molecule is Cc1ccccc1N1CCN(Cc2nc(-c3ccccc3)no2)C(=O)C1=O. The van der Waals surface area contributed by atoms with E-state index in [-0.39, 0.29) is 6.54 Å². The number of carbonyl (C=O) groups excluding carboxylic acids is 2. The third-order valence-electron chi connectivity index (χ3n) is 4.54. The lowest BCUT2D eigenvalue weighted by Gasteiger charge is -2.33. The number of amides is 2. The molecule has 0 saturated carbocycles. The Balaban J connectivity index is 1.48. The van der Waals surface area contributed by atoms with Crippen LogP contribution in [0.25, 0.3) is 11.4 Å². The number of benzene rings is 2. The minimum Gasteiger partial charge on any atom is -0.337 e. The lowest BCUT2D eigenvalue weighted by Crippen LogP contribution is -2.54. The van der Waals surface area contributed by atoms with Crippen LogP contribution >= 0.6 is 0 Å². The molecule has 4 rings (SSSR count). The summed E-state index contributed by atoms with van der Waals surface area (Å²) in [5.41, 5.74) is 2.55. The highest BCUT2D eigenvalue weighted by atomic mass is 16.5. The molecule has 0 N–H and O–H groups in total. The van der Waals surface area contributed by atoms with Gasteiger partial charge in [-0.05, 0) is 18.6 Å². The second kappa shape index (κ2) is 7.03. The molecule has 0 atom stereocenters. The van der Waals surface area contributed by atoms with Crippen LogP contribution in [-0.4, -0.2) is 39.9 Å². The van der Waals surface area contributed by atoms with Crippen molar-refractivity contribution in [3.05, 3.63) is 66.1 Å². The van der Waals surface area contributed by atoms with E-state index in [4.69, 9.17) is 4.52 Å². The van der Waals surface area contributed by atoms with Gasteiger partial charge in [-0.15, -0.1) is 0 Å². The van der Waals surface area contributed by atoms with Crippen LogP contribution in [-0.2, 0) is 16.1 Å². The topological polar surface area (TPSA) is 79.5 Å². The molecule has 2 amide bonds. The van der Waals surface area contributed by atoms with Gasteiger partial charge >= 0.3 is 11.8 Å². The Morgan fingerprint density at radius 1 is 0.963 bits per heavy atom. The summed E-state index contributed by atoms with van der Waals surface area (Å²) in [6.45, 7) is 2.87. The average Bonchev–Trinajstić information content (AvgIpc) is 3.16. The van der Waals surface area contributed by atoms with Crippen LogP contribution in [0.5, 0.6) is 0 Å². The van der Waals surface area contributed by atoms with E-state index < -0.39 is 11.8 Å². The number of hydrogen-bond donors (Lipinski definition) is 0. The molecule has 0 spiro atoms. The molecule has 3 aromatic rings. The predicted molar refractivity (Wildman–Crippen MR) is 98.7 cm³/mol. The van der Waals surface area contributed by atoms with Crippen molar-refractivity contribution in [2.45, 2.75) is 13.5 Å². The number of aromatic nitrogens is 2. The second-order valence-corrected chi connectivity index (χ2v) is 6.35. The third-order valence-corrected chi connectivity index (χ3v) is 4.54. The van der Waals surface area contributed by atoms with Gasteiger partial charge in [-0.2, -0.15) is 4.98 Å². The summed E-state index contributed by atoms with van der Waals surface area (Å²) >= 11 is 0. The van der Waals surface area contributed by atoms with E-state index in [1.165, 1.54) is 9.80 Å². The zero-order chi connectivity index (χ0) is 18.8. The first-order chi connectivity index (χ1) is 13.1. The molecular formula is C20H18N4O3. The Hall–Kier alpha value is -3.48. The van der Waals surface area contributed by atoms with E-state index in [9.17, 15) is 9.59 Å². The van der Waals surface area contributed by atoms with Gasteiger partial charge < -0.3 is 14.3 Å². The monoisotopic (exact) mass is 362 g/mol. The van der Waals surface area contributed by atoms with Crippen LogP contribution in [0.3, 0.4) is 0 Å². The van der Waals surface area contributed by atoms with Gasteiger partial charge in [0.25, 0.3) is 0 Å². The van der Waals surface area contributed by atoms with E-state index in [0.29, 0.717) is 24.8 Å². The molecule has 0 aliphatic carbocycles. The summed E-state index contributed by atoms with van der Waals surface area (Å²) in [6, 6.07) is 17.0. The van der Waals surface area contributed by atoms with Gasteiger partial charge in [0, 0.05) is 24.3 Å². The molecule has 1 saturated heterocycles. The standard InChI is InChI=1S/C20H18N4O3/c1-14-7-5-6-10-16(14)24-12-11-23(19(25)20(24)26)13-17-21-18(22-27-17)15-8-3-2-4-9-15/h2-10H,11-13H2,1H3. The van der Waals surface area contributed by atoms with Crippen molar-refractivity contribution in [3.8, 4) is 11.4 Å². The lowest BCUT2D eigenvalue weighted by atomic mass is 10.1. The summed E-state index contributed by atoms with van der Waals surface area (Å²) in [5, 5.41) is 3.95. The number of hydrogen-bond acceptors (Lipinski definition) is 5. The molecule has 7 nitrogen and oxygen atoms in total. The molecule has 2 heterocycles. The number of aryl methyl sites for hydroxylation is 1. The predicted octanol–water partition coefficient (Wildman–Crippen LogP) is 2.42. The normalized spacial score (nSPS) is 14.7. The van der Waals surface area contributed by atoms with Crippen LogP contribution in [0.2, 0.25) is 0 Å². The van der Waals surface area contributed by atoms with Crippen LogP contribution < -0.4 is 4.90 Å². The zero-order valence-electron chi connectivity index (χ0n) is 14.8. The molecule has 1 fully saturated rings. The molecule has 2 aromatic carbocycles. The van der Waals surface area contributed by atoms with E-state index >= 15 is 0 Å². The van der Waals surface area contributed by atoms with Crippen LogP contribution in [0.1, 0.15) is 11.5 Å². The molecular weight excluding hydrogens is 344 g/mol. The third kappa shape index (κ3) is 3.31. The van der Waals surface area contributed by atoms with Crippen molar-refractivity contribution in [1.82, 2.24) is 15.0 Å². The van der Waals surface area contributed by atoms with Gasteiger partial charge in [0.05, 0.1) is 0 Å². The van der Waals surface area contributed by atoms with Crippen LogP contribution in [0.15, 0.2) is 59.1 Å². The number of para-hydroxylation sites is 1. The van der Waals surface area contributed by atoms with Crippen molar-refractivity contribution < 1.29 is 14.1 Å². The van der Waals surface area contributed by atoms with E-state index in [2.05, 4.69) is 10.1 Å².